The standard InChI is InChI=1S/C15H15ClN2O2S/c1-3-7-17-14(19)13-9-21-15(18-13)11-6-5-10(20-4-2)8-12(11)16/h3,5-6,8-9H,1,4,7H2,2H3,(H,17,19). The van der Waals surface area contributed by atoms with Crippen molar-refractivity contribution < 1.29 is 9.53 Å². The van der Waals surface area contributed by atoms with Crippen molar-refractivity contribution >= 4 is 28.8 Å². The van der Waals surface area contributed by atoms with Crippen LogP contribution in [0.1, 0.15) is 17.4 Å². The molecule has 0 fully saturated rings. The first-order valence-corrected chi connectivity index (χ1v) is 7.68. The molecule has 4 nitrogen and oxygen atoms in total. The zero-order chi connectivity index (χ0) is 15.2. The number of amides is 1. The largest absolute Gasteiger partial charge is 0.494 e. The summed E-state index contributed by atoms with van der Waals surface area (Å²) in [4.78, 5) is 16.1. The molecule has 0 spiro atoms. The van der Waals surface area contributed by atoms with Crippen molar-refractivity contribution in [3.63, 3.8) is 0 Å². The maximum atomic E-state index is 11.8. The lowest BCUT2D eigenvalue weighted by Gasteiger charge is -2.05. The molecule has 2 aromatic rings. The van der Waals surface area contributed by atoms with Gasteiger partial charge in [0.1, 0.15) is 16.5 Å². The second-order valence-corrected chi connectivity index (χ2v) is 5.38. The molecule has 0 saturated heterocycles. The van der Waals surface area contributed by atoms with E-state index in [1.807, 2.05) is 19.1 Å². The third-order valence-electron chi connectivity index (χ3n) is 2.63. The molecule has 0 atom stereocenters. The normalized spacial score (nSPS) is 10.2. The van der Waals surface area contributed by atoms with Crippen LogP contribution in [0.4, 0.5) is 0 Å². The average molecular weight is 323 g/mol. The van der Waals surface area contributed by atoms with E-state index in [9.17, 15) is 4.79 Å². The van der Waals surface area contributed by atoms with Crippen molar-refractivity contribution in [1.82, 2.24) is 10.3 Å². The zero-order valence-electron chi connectivity index (χ0n) is 11.6. The second-order valence-electron chi connectivity index (χ2n) is 4.11. The highest BCUT2D eigenvalue weighted by atomic mass is 35.5. The Labute approximate surface area is 132 Å². The van der Waals surface area contributed by atoms with E-state index in [2.05, 4.69) is 16.9 Å². The third kappa shape index (κ3) is 3.83. The summed E-state index contributed by atoms with van der Waals surface area (Å²) >= 11 is 7.62. The van der Waals surface area contributed by atoms with Crippen molar-refractivity contribution in [2.75, 3.05) is 13.2 Å². The van der Waals surface area contributed by atoms with Crippen molar-refractivity contribution in [3.8, 4) is 16.3 Å². The molecule has 1 aromatic heterocycles. The molecule has 1 N–H and O–H groups in total. The minimum atomic E-state index is -0.223. The van der Waals surface area contributed by atoms with Gasteiger partial charge >= 0.3 is 0 Å². The number of nitrogens with one attached hydrogen (secondary N) is 1. The molecule has 6 heteroatoms. The Morgan fingerprint density at radius 1 is 1.57 bits per heavy atom. The molecule has 1 aromatic carbocycles. The van der Waals surface area contributed by atoms with E-state index in [1.165, 1.54) is 11.3 Å². The highest BCUT2D eigenvalue weighted by molar-refractivity contribution is 7.13. The van der Waals surface area contributed by atoms with Gasteiger partial charge in [0.25, 0.3) is 5.91 Å². The number of carbonyl (C=O) groups is 1. The topological polar surface area (TPSA) is 51.2 Å². The number of ether oxygens (including phenoxy) is 1. The Hall–Kier alpha value is -1.85. The monoisotopic (exact) mass is 322 g/mol. The Kier molecular flexibility index (Phi) is 5.36. The Balaban J connectivity index is 2.21. The number of aromatic nitrogens is 1. The van der Waals surface area contributed by atoms with Gasteiger partial charge in [-0.1, -0.05) is 17.7 Å². The minimum absolute atomic E-state index is 0.223. The highest BCUT2D eigenvalue weighted by Gasteiger charge is 2.13. The van der Waals surface area contributed by atoms with Gasteiger partial charge in [-0.15, -0.1) is 17.9 Å². The summed E-state index contributed by atoms with van der Waals surface area (Å²) in [5, 5.41) is 5.65. The number of hydrogen-bond donors (Lipinski definition) is 1. The number of hydrogen-bond acceptors (Lipinski definition) is 4. The van der Waals surface area contributed by atoms with Crippen LogP contribution in [0.15, 0.2) is 36.2 Å². The molecule has 0 aliphatic rings. The molecule has 0 bridgehead atoms. The summed E-state index contributed by atoms with van der Waals surface area (Å²) < 4.78 is 5.39. The number of thiazole rings is 1. The van der Waals surface area contributed by atoms with Crippen molar-refractivity contribution in [2.24, 2.45) is 0 Å². The van der Waals surface area contributed by atoms with E-state index in [-0.39, 0.29) is 5.91 Å². The lowest BCUT2D eigenvalue weighted by atomic mass is 10.2. The molecular formula is C15H15ClN2O2S. The fourth-order valence-corrected chi connectivity index (χ4v) is 2.84. The van der Waals surface area contributed by atoms with Gasteiger partial charge in [0.2, 0.25) is 0 Å². The van der Waals surface area contributed by atoms with Crippen LogP contribution < -0.4 is 10.1 Å². The summed E-state index contributed by atoms with van der Waals surface area (Å²) in [6, 6.07) is 5.43. The summed E-state index contributed by atoms with van der Waals surface area (Å²) in [5.41, 5.74) is 1.16. The van der Waals surface area contributed by atoms with Crippen LogP contribution >= 0.6 is 22.9 Å². The molecule has 0 radical (unpaired) electrons. The number of carbonyl (C=O) groups excluding carboxylic acids is 1. The first-order valence-electron chi connectivity index (χ1n) is 6.43. The van der Waals surface area contributed by atoms with Crippen LogP contribution in [0.5, 0.6) is 5.75 Å². The summed E-state index contributed by atoms with van der Waals surface area (Å²) in [7, 11) is 0. The third-order valence-corrected chi connectivity index (χ3v) is 3.81. The fraction of sp³-hybridized carbons (Fsp3) is 0.200. The maximum absolute atomic E-state index is 11.8. The van der Waals surface area contributed by atoms with Gasteiger partial charge in [0.15, 0.2) is 0 Å². The molecular weight excluding hydrogens is 308 g/mol. The maximum Gasteiger partial charge on any atom is 0.271 e. The van der Waals surface area contributed by atoms with Gasteiger partial charge < -0.3 is 10.1 Å². The summed E-state index contributed by atoms with van der Waals surface area (Å²) in [5.74, 6) is 0.492. The van der Waals surface area contributed by atoms with E-state index < -0.39 is 0 Å². The first-order chi connectivity index (χ1) is 10.2. The number of nitrogens with zero attached hydrogens (tertiary/aromatic N) is 1. The molecule has 0 aliphatic heterocycles. The zero-order valence-corrected chi connectivity index (χ0v) is 13.1. The van der Waals surface area contributed by atoms with Crippen LogP contribution in [0, 0.1) is 0 Å². The van der Waals surface area contributed by atoms with Gasteiger partial charge in [-0.25, -0.2) is 4.98 Å². The SMILES string of the molecule is C=CCNC(=O)c1csc(-c2ccc(OCC)cc2Cl)n1. The Bertz CT molecular complexity index is 655. The van der Waals surface area contributed by atoms with Crippen molar-refractivity contribution in [3.05, 3.63) is 47.0 Å². The Morgan fingerprint density at radius 3 is 3.05 bits per heavy atom. The quantitative estimate of drug-likeness (QED) is 0.823. The molecule has 1 heterocycles. The predicted molar refractivity (Wildman–Crippen MR) is 86.3 cm³/mol. The van der Waals surface area contributed by atoms with E-state index in [0.717, 1.165) is 5.56 Å². The smallest absolute Gasteiger partial charge is 0.271 e. The number of rotatable bonds is 6. The van der Waals surface area contributed by atoms with Crippen LogP contribution in [0.3, 0.4) is 0 Å². The molecule has 0 aliphatic carbocycles. The van der Waals surface area contributed by atoms with Crippen LogP contribution in [0.2, 0.25) is 5.02 Å². The second kappa shape index (κ2) is 7.24. The Morgan fingerprint density at radius 2 is 2.38 bits per heavy atom. The lowest BCUT2D eigenvalue weighted by molar-refractivity contribution is 0.0954. The predicted octanol–water partition coefficient (Wildman–Crippen LogP) is 3.78. The molecule has 2 rings (SSSR count). The van der Waals surface area contributed by atoms with E-state index in [4.69, 9.17) is 16.3 Å². The molecule has 1 amide bonds. The molecule has 21 heavy (non-hydrogen) atoms. The van der Waals surface area contributed by atoms with E-state index >= 15 is 0 Å². The van der Waals surface area contributed by atoms with Crippen LogP contribution in [0.25, 0.3) is 10.6 Å². The van der Waals surface area contributed by atoms with Crippen LogP contribution in [-0.4, -0.2) is 24.0 Å². The van der Waals surface area contributed by atoms with Gasteiger partial charge in [0, 0.05) is 17.5 Å². The summed E-state index contributed by atoms with van der Waals surface area (Å²) in [6.45, 7) is 6.46. The first kappa shape index (κ1) is 15.5. The van der Waals surface area contributed by atoms with Gasteiger partial charge in [-0.05, 0) is 25.1 Å². The van der Waals surface area contributed by atoms with Gasteiger partial charge in [-0.3, -0.25) is 4.79 Å². The van der Waals surface area contributed by atoms with Gasteiger partial charge in [0.05, 0.1) is 11.6 Å². The van der Waals surface area contributed by atoms with Crippen molar-refractivity contribution in [2.45, 2.75) is 6.92 Å². The average Bonchev–Trinajstić information content (AvgIpc) is 2.95. The number of halogens is 1. The lowest BCUT2D eigenvalue weighted by Crippen LogP contribution is -2.23. The molecule has 110 valence electrons. The van der Waals surface area contributed by atoms with E-state index in [1.54, 1.807) is 17.5 Å². The van der Waals surface area contributed by atoms with Crippen molar-refractivity contribution in [1.29, 1.82) is 0 Å². The fourth-order valence-electron chi connectivity index (χ4n) is 1.68. The highest BCUT2D eigenvalue weighted by Crippen LogP contribution is 2.33. The van der Waals surface area contributed by atoms with Gasteiger partial charge in [-0.2, -0.15) is 0 Å². The molecule has 0 saturated carbocycles. The molecule has 0 unspecified atom stereocenters. The van der Waals surface area contributed by atoms with Crippen LogP contribution in [-0.2, 0) is 0 Å². The summed E-state index contributed by atoms with van der Waals surface area (Å²) in [6.07, 6.45) is 1.62. The van der Waals surface area contributed by atoms with E-state index in [0.29, 0.717) is 34.6 Å². The minimum Gasteiger partial charge on any atom is -0.494 e. The number of benzene rings is 1.